The number of benzene rings is 1. The van der Waals surface area contributed by atoms with E-state index in [-0.39, 0.29) is 0 Å². The number of fused-ring (bicyclic) bond motifs is 1. The van der Waals surface area contributed by atoms with Crippen molar-refractivity contribution in [3.05, 3.63) is 72.3 Å². The second-order valence-electron chi connectivity index (χ2n) is 5.56. The van der Waals surface area contributed by atoms with Crippen molar-refractivity contribution in [3.63, 3.8) is 0 Å². The van der Waals surface area contributed by atoms with E-state index in [0.717, 1.165) is 41.7 Å². The van der Waals surface area contributed by atoms with Crippen LogP contribution in [0.3, 0.4) is 0 Å². The van der Waals surface area contributed by atoms with E-state index in [4.69, 9.17) is 4.99 Å². The maximum Gasteiger partial charge on any atom is 0.107 e. The molecule has 3 heterocycles. The second-order valence-corrected chi connectivity index (χ2v) is 5.56. The highest BCUT2D eigenvalue weighted by atomic mass is 14.8. The van der Waals surface area contributed by atoms with Gasteiger partial charge in [0.2, 0.25) is 0 Å². The summed E-state index contributed by atoms with van der Waals surface area (Å²) in [4.78, 5) is 17.9. The third-order valence-corrected chi connectivity index (χ3v) is 3.94. The molecule has 1 aromatic carbocycles. The van der Waals surface area contributed by atoms with Crippen LogP contribution < -0.4 is 0 Å². The molecule has 23 heavy (non-hydrogen) atoms. The van der Waals surface area contributed by atoms with Crippen molar-refractivity contribution in [3.8, 4) is 0 Å². The molecule has 112 valence electrons. The van der Waals surface area contributed by atoms with Gasteiger partial charge in [0, 0.05) is 24.5 Å². The molecule has 0 fully saturated rings. The lowest BCUT2D eigenvalue weighted by atomic mass is 10.1. The van der Waals surface area contributed by atoms with Crippen LogP contribution in [0.15, 0.2) is 66.1 Å². The van der Waals surface area contributed by atoms with Gasteiger partial charge in [-0.3, -0.25) is 15.0 Å². The van der Waals surface area contributed by atoms with Gasteiger partial charge in [-0.15, -0.1) is 0 Å². The quantitative estimate of drug-likeness (QED) is 0.735. The Morgan fingerprint density at radius 2 is 1.83 bits per heavy atom. The zero-order valence-corrected chi connectivity index (χ0v) is 12.7. The Kier molecular flexibility index (Phi) is 3.64. The van der Waals surface area contributed by atoms with E-state index >= 15 is 0 Å². The molecule has 0 radical (unpaired) electrons. The largest absolute Gasteiger partial charge is 0.262 e. The third-order valence-electron chi connectivity index (χ3n) is 3.94. The highest BCUT2D eigenvalue weighted by Gasteiger charge is 2.11. The number of allylic oxidation sites excluding steroid dienone is 1. The summed E-state index contributed by atoms with van der Waals surface area (Å²) in [6.45, 7) is 0. The summed E-state index contributed by atoms with van der Waals surface area (Å²) in [7, 11) is 0. The van der Waals surface area contributed by atoms with Crippen molar-refractivity contribution in [2.75, 3.05) is 0 Å². The first-order chi connectivity index (χ1) is 11.4. The summed E-state index contributed by atoms with van der Waals surface area (Å²) in [5, 5.41) is 0. The van der Waals surface area contributed by atoms with Gasteiger partial charge < -0.3 is 0 Å². The van der Waals surface area contributed by atoms with E-state index in [2.05, 4.69) is 33.2 Å². The molecule has 4 rings (SSSR count). The maximum absolute atomic E-state index is 4.75. The minimum atomic E-state index is 0.849. The first-order valence-electron chi connectivity index (χ1n) is 7.76. The van der Waals surface area contributed by atoms with E-state index in [1.165, 1.54) is 11.3 Å². The number of nitrogens with zero attached hydrogens (tertiary/aromatic N) is 4. The number of hydrogen-bond acceptors (Lipinski definition) is 4. The van der Waals surface area contributed by atoms with E-state index in [1.54, 1.807) is 12.4 Å². The molecule has 0 amide bonds. The molecule has 0 aliphatic carbocycles. The molecule has 2 aromatic heterocycles. The fourth-order valence-corrected chi connectivity index (χ4v) is 2.72. The fraction of sp³-hybridized carbons (Fsp3) is 0.158. The Labute approximate surface area is 134 Å². The summed E-state index contributed by atoms with van der Waals surface area (Å²) in [6, 6.07) is 12.2. The number of rotatable bonds is 4. The molecule has 0 N–H and O–H groups in total. The molecular formula is C19H16N4. The van der Waals surface area contributed by atoms with Crippen LogP contribution in [0.25, 0.3) is 16.7 Å². The molecular weight excluding hydrogens is 284 g/mol. The lowest BCUT2D eigenvalue weighted by molar-refractivity contribution is 0.959. The number of aromatic nitrogens is 3. The van der Waals surface area contributed by atoms with Crippen LogP contribution in [0.2, 0.25) is 0 Å². The molecule has 0 spiro atoms. The smallest absolute Gasteiger partial charge is 0.107 e. The van der Waals surface area contributed by atoms with Crippen molar-refractivity contribution in [1.29, 1.82) is 0 Å². The fourth-order valence-electron chi connectivity index (χ4n) is 2.72. The van der Waals surface area contributed by atoms with Crippen LogP contribution >= 0.6 is 0 Å². The average Bonchev–Trinajstić information content (AvgIpc) is 3.10. The van der Waals surface area contributed by atoms with E-state index in [0.29, 0.717) is 0 Å². The van der Waals surface area contributed by atoms with Gasteiger partial charge in [0.25, 0.3) is 0 Å². The molecule has 1 aliphatic heterocycles. The van der Waals surface area contributed by atoms with Crippen LogP contribution in [0, 0.1) is 0 Å². The van der Waals surface area contributed by atoms with Gasteiger partial charge in [0.1, 0.15) is 5.52 Å². The topological polar surface area (TPSA) is 51.0 Å². The molecule has 0 atom stereocenters. The molecule has 0 saturated carbocycles. The first kappa shape index (κ1) is 13.8. The molecule has 4 nitrogen and oxygen atoms in total. The number of aliphatic imine (C=N–C) groups is 1. The Morgan fingerprint density at radius 3 is 2.74 bits per heavy atom. The van der Waals surface area contributed by atoms with Crippen LogP contribution in [0.1, 0.15) is 24.1 Å². The second kappa shape index (κ2) is 6.08. The van der Waals surface area contributed by atoms with Crippen LogP contribution in [0.5, 0.6) is 0 Å². The maximum atomic E-state index is 4.75. The summed E-state index contributed by atoms with van der Waals surface area (Å²) in [5.41, 5.74) is 6.18. The highest BCUT2D eigenvalue weighted by Crippen LogP contribution is 2.23. The van der Waals surface area contributed by atoms with Gasteiger partial charge in [0.05, 0.1) is 23.1 Å². The Hall–Kier alpha value is -2.88. The first-order valence-corrected chi connectivity index (χ1v) is 7.76. The lowest BCUT2D eigenvalue weighted by Gasteiger charge is -2.02. The third kappa shape index (κ3) is 3.01. The minimum Gasteiger partial charge on any atom is -0.262 e. The molecule has 4 heteroatoms. The number of aryl methyl sites for hydroxylation is 1. The van der Waals surface area contributed by atoms with Crippen LogP contribution in [0.4, 0.5) is 0 Å². The van der Waals surface area contributed by atoms with E-state index in [1.807, 2.05) is 30.5 Å². The molecule has 0 unspecified atom stereocenters. The predicted octanol–water partition coefficient (Wildman–Crippen LogP) is 3.84. The van der Waals surface area contributed by atoms with Gasteiger partial charge in [-0.05, 0) is 24.5 Å². The van der Waals surface area contributed by atoms with Gasteiger partial charge in [-0.2, -0.15) is 0 Å². The van der Waals surface area contributed by atoms with Crippen molar-refractivity contribution in [2.24, 2.45) is 4.99 Å². The standard InChI is InChI=1S/C19H16N4/c1-2-4-14(5-3-1)17-9-8-15(22-17)6-7-16-12-21-18-10-11-20-13-19(18)23-16/h1-5,9-13H,6-8H2. The van der Waals surface area contributed by atoms with Crippen molar-refractivity contribution in [2.45, 2.75) is 19.3 Å². The minimum absolute atomic E-state index is 0.849. The normalized spacial score (nSPS) is 13.9. The van der Waals surface area contributed by atoms with Gasteiger partial charge >= 0.3 is 0 Å². The van der Waals surface area contributed by atoms with Gasteiger partial charge in [-0.25, -0.2) is 4.98 Å². The molecule has 0 bridgehead atoms. The molecule has 0 saturated heterocycles. The summed E-state index contributed by atoms with van der Waals surface area (Å²) < 4.78 is 0. The predicted molar refractivity (Wildman–Crippen MR) is 92.1 cm³/mol. The SMILES string of the molecule is C1=C(c2ccccc2)N=C(CCc2cnc3ccncc3n2)C1. The van der Waals surface area contributed by atoms with Crippen LogP contribution in [-0.4, -0.2) is 20.7 Å². The van der Waals surface area contributed by atoms with E-state index < -0.39 is 0 Å². The molecule has 3 aromatic rings. The van der Waals surface area contributed by atoms with Crippen molar-refractivity contribution in [1.82, 2.24) is 15.0 Å². The monoisotopic (exact) mass is 300 g/mol. The Balaban J connectivity index is 1.45. The summed E-state index contributed by atoms with van der Waals surface area (Å²) in [6.07, 6.45) is 10.2. The summed E-state index contributed by atoms with van der Waals surface area (Å²) >= 11 is 0. The van der Waals surface area contributed by atoms with Crippen molar-refractivity contribution >= 4 is 22.4 Å². The Morgan fingerprint density at radius 1 is 0.913 bits per heavy atom. The highest BCUT2D eigenvalue weighted by molar-refractivity contribution is 5.95. The Bertz CT molecular complexity index is 897. The zero-order valence-electron chi connectivity index (χ0n) is 12.7. The number of pyridine rings is 1. The lowest BCUT2D eigenvalue weighted by Crippen LogP contribution is -2.00. The zero-order chi connectivity index (χ0) is 15.5. The van der Waals surface area contributed by atoms with Gasteiger partial charge in [-0.1, -0.05) is 36.4 Å². The number of hydrogen-bond donors (Lipinski definition) is 0. The summed E-state index contributed by atoms with van der Waals surface area (Å²) in [5.74, 6) is 0. The average molecular weight is 300 g/mol. The van der Waals surface area contributed by atoms with Crippen molar-refractivity contribution < 1.29 is 0 Å². The van der Waals surface area contributed by atoms with Gasteiger partial charge in [0.15, 0.2) is 0 Å². The molecule has 1 aliphatic rings. The van der Waals surface area contributed by atoms with Crippen LogP contribution in [-0.2, 0) is 6.42 Å². The van der Waals surface area contributed by atoms with E-state index in [9.17, 15) is 0 Å².